The molecule has 0 amide bonds. The van der Waals surface area contributed by atoms with Crippen molar-refractivity contribution in [1.82, 2.24) is 15.0 Å². The van der Waals surface area contributed by atoms with Crippen molar-refractivity contribution in [3.8, 4) is 11.3 Å². The molecule has 0 fully saturated rings. The molecule has 0 bridgehead atoms. The van der Waals surface area contributed by atoms with Crippen molar-refractivity contribution >= 4 is 5.69 Å². The maximum absolute atomic E-state index is 12.0. The molecule has 2 rings (SSSR count). The van der Waals surface area contributed by atoms with Gasteiger partial charge in [0.2, 0.25) is 0 Å². The standard InChI is InChI=1S/C10H11FN4/c11-5-6-15-7-10(13-14-15)8-1-3-9(12)4-2-8/h1-4,7H,5-6,12H2. The van der Waals surface area contributed by atoms with Gasteiger partial charge in [-0.1, -0.05) is 17.3 Å². The molecular formula is C10H11FN4. The lowest BCUT2D eigenvalue weighted by atomic mass is 10.1. The minimum Gasteiger partial charge on any atom is -0.399 e. The third-order valence-corrected chi connectivity index (χ3v) is 2.06. The minimum absolute atomic E-state index is 0.238. The molecule has 0 aliphatic rings. The number of rotatable bonds is 3. The minimum atomic E-state index is -0.440. The molecule has 5 heteroatoms. The van der Waals surface area contributed by atoms with Crippen LogP contribution in [0.15, 0.2) is 30.5 Å². The monoisotopic (exact) mass is 206 g/mol. The van der Waals surface area contributed by atoms with Gasteiger partial charge >= 0.3 is 0 Å². The van der Waals surface area contributed by atoms with E-state index in [-0.39, 0.29) is 6.54 Å². The molecule has 0 aliphatic heterocycles. The van der Waals surface area contributed by atoms with Gasteiger partial charge < -0.3 is 5.73 Å². The maximum atomic E-state index is 12.0. The highest BCUT2D eigenvalue weighted by molar-refractivity contribution is 5.60. The molecule has 0 spiro atoms. The number of hydrogen-bond donors (Lipinski definition) is 1. The summed E-state index contributed by atoms with van der Waals surface area (Å²) in [7, 11) is 0. The molecule has 78 valence electrons. The quantitative estimate of drug-likeness (QED) is 0.774. The first-order valence-corrected chi connectivity index (χ1v) is 4.61. The number of aryl methyl sites for hydroxylation is 1. The summed E-state index contributed by atoms with van der Waals surface area (Å²) in [6.07, 6.45) is 1.71. The van der Waals surface area contributed by atoms with E-state index >= 15 is 0 Å². The number of nitrogens with zero attached hydrogens (tertiary/aromatic N) is 3. The number of alkyl halides is 1. The highest BCUT2D eigenvalue weighted by Gasteiger charge is 2.02. The van der Waals surface area contributed by atoms with E-state index in [9.17, 15) is 4.39 Å². The SMILES string of the molecule is Nc1ccc(-c2cn(CCF)nn2)cc1. The van der Waals surface area contributed by atoms with Crippen LogP contribution in [0.3, 0.4) is 0 Å². The van der Waals surface area contributed by atoms with Crippen molar-refractivity contribution in [2.75, 3.05) is 12.4 Å². The Labute approximate surface area is 86.5 Å². The average molecular weight is 206 g/mol. The molecule has 4 nitrogen and oxygen atoms in total. The highest BCUT2D eigenvalue weighted by Crippen LogP contribution is 2.17. The first-order chi connectivity index (χ1) is 7.29. The predicted molar refractivity (Wildman–Crippen MR) is 55.8 cm³/mol. The molecule has 0 radical (unpaired) electrons. The second-order valence-corrected chi connectivity index (χ2v) is 3.18. The van der Waals surface area contributed by atoms with E-state index in [1.54, 1.807) is 18.3 Å². The largest absolute Gasteiger partial charge is 0.399 e. The lowest BCUT2D eigenvalue weighted by Crippen LogP contribution is -1.99. The molecule has 15 heavy (non-hydrogen) atoms. The van der Waals surface area contributed by atoms with Crippen LogP contribution in [0, 0.1) is 0 Å². The van der Waals surface area contributed by atoms with E-state index in [1.807, 2.05) is 12.1 Å². The van der Waals surface area contributed by atoms with Crippen LogP contribution in [0.1, 0.15) is 0 Å². The van der Waals surface area contributed by atoms with Gasteiger partial charge in [-0.05, 0) is 12.1 Å². The van der Waals surface area contributed by atoms with Gasteiger partial charge in [-0.25, -0.2) is 9.07 Å². The zero-order valence-electron chi connectivity index (χ0n) is 8.10. The zero-order valence-corrected chi connectivity index (χ0v) is 8.10. The number of aromatic nitrogens is 3. The van der Waals surface area contributed by atoms with Gasteiger partial charge in [0.15, 0.2) is 0 Å². The van der Waals surface area contributed by atoms with Crippen LogP contribution < -0.4 is 5.73 Å². The van der Waals surface area contributed by atoms with Gasteiger partial charge in [-0.3, -0.25) is 0 Å². The number of nitrogen functional groups attached to an aromatic ring is 1. The van der Waals surface area contributed by atoms with Gasteiger partial charge in [-0.15, -0.1) is 5.10 Å². The summed E-state index contributed by atoms with van der Waals surface area (Å²) >= 11 is 0. The molecule has 0 saturated carbocycles. The van der Waals surface area contributed by atoms with Crippen molar-refractivity contribution in [1.29, 1.82) is 0 Å². The van der Waals surface area contributed by atoms with Gasteiger partial charge in [0, 0.05) is 11.3 Å². The summed E-state index contributed by atoms with van der Waals surface area (Å²) in [6, 6.07) is 7.31. The second kappa shape index (κ2) is 4.08. The molecule has 0 unspecified atom stereocenters. The topological polar surface area (TPSA) is 56.7 Å². The van der Waals surface area contributed by atoms with Gasteiger partial charge in [0.05, 0.1) is 12.7 Å². The zero-order chi connectivity index (χ0) is 10.7. The Morgan fingerprint density at radius 2 is 2.00 bits per heavy atom. The number of anilines is 1. The molecule has 1 aromatic heterocycles. The lowest BCUT2D eigenvalue weighted by molar-refractivity contribution is 0.422. The number of benzene rings is 1. The van der Waals surface area contributed by atoms with Crippen LogP contribution in [0.5, 0.6) is 0 Å². The molecule has 0 saturated heterocycles. The predicted octanol–water partition coefficient (Wildman–Crippen LogP) is 1.50. The summed E-state index contributed by atoms with van der Waals surface area (Å²) in [6.45, 7) is -0.202. The van der Waals surface area contributed by atoms with Crippen LogP contribution in [0.25, 0.3) is 11.3 Å². The number of halogens is 1. The molecule has 1 heterocycles. The van der Waals surface area contributed by atoms with Gasteiger partial charge in [0.1, 0.15) is 12.4 Å². The summed E-state index contributed by atoms with van der Waals surface area (Å²) < 4.78 is 13.5. The van der Waals surface area contributed by atoms with Crippen molar-refractivity contribution in [3.05, 3.63) is 30.5 Å². The third-order valence-electron chi connectivity index (χ3n) is 2.06. The van der Waals surface area contributed by atoms with Crippen LogP contribution in [-0.4, -0.2) is 21.7 Å². The van der Waals surface area contributed by atoms with Gasteiger partial charge in [-0.2, -0.15) is 0 Å². The van der Waals surface area contributed by atoms with E-state index in [0.717, 1.165) is 11.3 Å². The van der Waals surface area contributed by atoms with Gasteiger partial charge in [0.25, 0.3) is 0 Å². The summed E-state index contributed by atoms with van der Waals surface area (Å²) in [5.41, 5.74) is 7.92. The van der Waals surface area contributed by atoms with E-state index < -0.39 is 6.67 Å². The van der Waals surface area contributed by atoms with Crippen molar-refractivity contribution in [2.24, 2.45) is 0 Å². The Morgan fingerprint density at radius 3 is 2.67 bits per heavy atom. The van der Waals surface area contributed by atoms with Crippen LogP contribution in [0.2, 0.25) is 0 Å². The first-order valence-electron chi connectivity index (χ1n) is 4.61. The third kappa shape index (κ3) is 2.12. The Morgan fingerprint density at radius 1 is 1.27 bits per heavy atom. The molecule has 1 aromatic carbocycles. The molecule has 0 aliphatic carbocycles. The van der Waals surface area contributed by atoms with E-state index in [0.29, 0.717) is 5.69 Å². The Balaban J connectivity index is 2.25. The van der Waals surface area contributed by atoms with E-state index in [1.165, 1.54) is 4.68 Å². The fourth-order valence-electron chi connectivity index (χ4n) is 1.28. The molecule has 2 aromatic rings. The smallest absolute Gasteiger partial charge is 0.113 e. The van der Waals surface area contributed by atoms with Crippen molar-refractivity contribution < 1.29 is 4.39 Å². The summed E-state index contributed by atoms with van der Waals surface area (Å²) in [5.74, 6) is 0. The van der Waals surface area contributed by atoms with Crippen LogP contribution in [-0.2, 0) is 6.54 Å². The fraction of sp³-hybridized carbons (Fsp3) is 0.200. The van der Waals surface area contributed by atoms with Crippen LogP contribution >= 0.6 is 0 Å². The Kier molecular flexibility index (Phi) is 2.62. The molecular weight excluding hydrogens is 195 g/mol. The summed E-state index contributed by atoms with van der Waals surface area (Å²) in [5, 5.41) is 7.74. The number of hydrogen-bond acceptors (Lipinski definition) is 3. The summed E-state index contributed by atoms with van der Waals surface area (Å²) in [4.78, 5) is 0. The van der Waals surface area contributed by atoms with Crippen molar-refractivity contribution in [2.45, 2.75) is 6.54 Å². The second-order valence-electron chi connectivity index (χ2n) is 3.18. The maximum Gasteiger partial charge on any atom is 0.113 e. The van der Waals surface area contributed by atoms with Crippen LogP contribution in [0.4, 0.5) is 10.1 Å². The van der Waals surface area contributed by atoms with Crippen molar-refractivity contribution in [3.63, 3.8) is 0 Å². The average Bonchev–Trinajstić information content (AvgIpc) is 2.68. The fourth-order valence-corrected chi connectivity index (χ4v) is 1.28. The lowest BCUT2D eigenvalue weighted by Gasteiger charge is -1.96. The first kappa shape index (κ1) is 9.64. The Bertz CT molecular complexity index is 435. The molecule has 2 N–H and O–H groups in total. The normalized spacial score (nSPS) is 10.5. The molecule has 0 atom stereocenters. The van der Waals surface area contributed by atoms with E-state index in [2.05, 4.69) is 10.3 Å². The Hall–Kier alpha value is -1.91. The number of nitrogens with two attached hydrogens (primary N) is 1. The van der Waals surface area contributed by atoms with E-state index in [4.69, 9.17) is 5.73 Å². The highest BCUT2D eigenvalue weighted by atomic mass is 19.1.